The minimum absolute atomic E-state index is 0.129. The summed E-state index contributed by atoms with van der Waals surface area (Å²) in [5.74, 6) is -0.0789. The lowest BCUT2D eigenvalue weighted by atomic mass is 10.0. The molecule has 1 aromatic heterocycles. The Bertz CT molecular complexity index is 1340. The van der Waals surface area contributed by atoms with Crippen LogP contribution in [-0.4, -0.2) is 16.0 Å². The lowest BCUT2D eigenvalue weighted by molar-refractivity contribution is 0.102. The molecule has 0 saturated carbocycles. The van der Waals surface area contributed by atoms with Crippen molar-refractivity contribution < 1.29 is 9.90 Å². The number of fused-ring (bicyclic) bond motifs is 1. The highest BCUT2D eigenvalue weighted by atomic mass is 32.1. The van der Waals surface area contributed by atoms with Crippen LogP contribution in [0.1, 0.15) is 10.4 Å². The molecule has 0 unspecified atom stereocenters. The van der Waals surface area contributed by atoms with Crippen molar-refractivity contribution in [3.63, 3.8) is 0 Å². The molecule has 0 aliphatic rings. The average Bonchev–Trinajstić information content (AvgIpc) is 3.25. The van der Waals surface area contributed by atoms with Gasteiger partial charge < -0.3 is 10.4 Å². The zero-order valence-corrected chi connectivity index (χ0v) is 17.3. The Hall–Kier alpha value is -3.96. The summed E-state index contributed by atoms with van der Waals surface area (Å²) >= 11 is 1.50. The number of rotatable bonds is 4. The largest absolute Gasteiger partial charge is 0.507 e. The van der Waals surface area contributed by atoms with E-state index in [0.717, 1.165) is 21.3 Å². The number of carbonyl (C=O) groups excluding carboxylic acids is 1. The maximum Gasteiger partial charge on any atom is 0.255 e. The molecule has 2 N–H and O–H groups in total. The van der Waals surface area contributed by atoms with Crippen molar-refractivity contribution in [2.24, 2.45) is 0 Å². The van der Waals surface area contributed by atoms with E-state index in [-0.39, 0.29) is 11.7 Å². The van der Waals surface area contributed by atoms with Gasteiger partial charge in [-0.15, -0.1) is 11.3 Å². The Morgan fingerprint density at radius 3 is 2.29 bits per heavy atom. The first-order chi connectivity index (χ1) is 15.2. The van der Waals surface area contributed by atoms with Crippen LogP contribution in [0.4, 0.5) is 5.69 Å². The minimum atomic E-state index is -0.208. The third kappa shape index (κ3) is 3.91. The summed E-state index contributed by atoms with van der Waals surface area (Å²) in [4.78, 5) is 17.4. The molecular weight excluding hydrogens is 404 g/mol. The lowest BCUT2D eigenvalue weighted by Gasteiger charge is -2.09. The van der Waals surface area contributed by atoms with Gasteiger partial charge in [0.05, 0.1) is 15.8 Å². The van der Waals surface area contributed by atoms with Crippen LogP contribution < -0.4 is 5.32 Å². The first-order valence-corrected chi connectivity index (χ1v) is 10.6. The first-order valence-electron chi connectivity index (χ1n) is 9.83. The fourth-order valence-corrected chi connectivity index (χ4v) is 4.41. The minimum Gasteiger partial charge on any atom is -0.507 e. The number of anilines is 1. The van der Waals surface area contributed by atoms with Crippen molar-refractivity contribution in [2.75, 3.05) is 5.32 Å². The quantitative estimate of drug-likeness (QED) is 0.321. The van der Waals surface area contributed by atoms with Crippen LogP contribution in [0.5, 0.6) is 5.75 Å². The molecule has 4 nitrogen and oxygen atoms in total. The van der Waals surface area contributed by atoms with Crippen molar-refractivity contribution in [1.82, 2.24) is 4.98 Å². The average molecular weight is 423 g/mol. The fourth-order valence-electron chi connectivity index (χ4n) is 3.42. The molecule has 0 atom stereocenters. The van der Waals surface area contributed by atoms with Crippen molar-refractivity contribution in [3.8, 4) is 27.4 Å². The van der Waals surface area contributed by atoms with E-state index in [0.29, 0.717) is 21.8 Å². The summed E-state index contributed by atoms with van der Waals surface area (Å²) in [6, 6.07) is 30.4. The number of para-hydroxylation sites is 1. The van der Waals surface area contributed by atoms with Crippen LogP contribution in [0.2, 0.25) is 0 Å². The Morgan fingerprint density at radius 1 is 0.806 bits per heavy atom. The maximum absolute atomic E-state index is 12.7. The molecule has 4 aromatic carbocycles. The summed E-state index contributed by atoms with van der Waals surface area (Å²) < 4.78 is 1.05. The number of phenols is 1. The van der Waals surface area contributed by atoms with E-state index in [2.05, 4.69) is 10.3 Å². The van der Waals surface area contributed by atoms with Gasteiger partial charge in [-0.05, 0) is 53.6 Å². The van der Waals surface area contributed by atoms with Gasteiger partial charge in [0.1, 0.15) is 10.8 Å². The predicted octanol–water partition coefficient (Wildman–Crippen LogP) is 6.59. The summed E-state index contributed by atoms with van der Waals surface area (Å²) in [5.41, 5.74) is 4.81. The van der Waals surface area contributed by atoms with Gasteiger partial charge >= 0.3 is 0 Å². The molecule has 31 heavy (non-hydrogen) atoms. The van der Waals surface area contributed by atoms with Crippen LogP contribution in [0.25, 0.3) is 31.9 Å². The summed E-state index contributed by atoms with van der Waals surface area (Å²) in [7, 11) is 0. The molecule has 150 valence electrons. The number of nitrogens with one attached hydrogen (secondary N) is 1. The Labute approximate surface area is 183 Å². The normalized spacial score (nSPS) is 10.8. The topological polar surface area (TPSA) is 62.2 Å². The van der Waals surface area contributed by atoms with E-state index in [1.54, 1.807) is 18.2 Å². The van der Waals surface area contributed by atoms with Crippen LogP contribution in [0.15, 0.2) is 97.1 Å². The fraction of sp³-hybridized carbons (Fsp3) is 0. The molecule has 0 radical (unpaired) electrons. The molecule has 0 aliphatic heterocycles. The standard InChI is InChI=1S/C26H18N2O2S/c29-23-15-14-20(16-21(23)26-28-22-8-4-5-9-24(22)31-26)27-25(30)19-12-10-18(11-13-19)17-6-2-1-3-7-17/h1-16,29H,(H,27,30). The third-order valence-electron chi connectivity index (χ3n) is 5.03. The van der Waals surface area contributed by atoms with E-state index in [1.807, 2.05) is 78.9 Å². The Morgan fingerprint density at radius 2 is 1.52 bits per heavy atom. The van der Waals surface area contributed by atoms with Crippen LogP contribution in [0, 0.1) is 0 Å². The highest BCUT2D eigenvalue weighted by molar-refractivity contribution is 7.21. The monoisotopic (exact) mass is 422 g/mol. The van der Waals surface area contributed by atoms with Gasteiger partial charge in [-0.25, -0.2) is 4.98 Å². The van der Waals surface area contributed by atoms with Gasteiger partial charge in [-0.2, -0.15) is 0 Å². The van der Waals surface area contributed by atoms with Crippen LogP contribution in [0.3, 0.4) is 0 Å². The van der Waals surface area contributed by atoms with E-state index >= 15 is 0 Å². The molecule has 0 bridgehead atoms. The van der Waals surface area contributed by atoms with Gasteiger partial charge in [-0.3, -0.25) is 4.79 Å². The number of aromatic nitrogens is 1. The predicted molar refractivity (Wildman–Crippen MR) is 127 cm³/mol. The highest BCUT2D eigenvalue weighted by Crippen LogP contribution is 2.36. The van der Waals surface area contributed by atoms with E-state index < -0.39 is 0 Å². The van der Waals surface area contributed by atoms with Gasteiger partial charge in [0.25, 0.3) is 5.91 Å². The zero-order chi connectivity index (χ0) is 21.2. The number of hydrogen-bond acceptors (Lipinski definition) is 4. The molecular formula is C26H18N2O2S. The van der Waals surface area contributed by atoms with Crippen molar-refractivity contribution in [3.05, 3.63) is 103 Å². The number of phenolic OH excluding ortho intramolecular Hbond substituents is 1. The second-order valence-corrected chi connectivity index (χ2v) is 8.15. The summed E-state index contributed by atoms with van der Waals surface area (Å²) in [6.45, 7) is 0. The third-order valence-corrected chi connectivity index (χ3v) is 6.10. The smallest absolute Gasteiger partial charge is 0.255 e. The number of thiazole rings is 1. The Balaban J connectivity index is 1.38. The molecule has 1 amide bonds. The van der Waals surface area contributed by atoms with Gasteiger partial charge in [0.15, 0.2) is 0 Å². The van der Waals surface area contributed by atoms with E-state index in [4.69, 9.17) is 0 Å². The van der Waals surface area contributed by atoms with Crippen molar-refractivity contribution >= 4 is 33.1 Å². The number of benzene rings is 4. The highest BCUT2D eigenvalue weighted by Gasteiger charge is 2.13. The molecule has 0 aliphatic carbocycles. The molecule has 0 fully saturated rings. The zero-order valence-electron chi connectivity index (χ0n) is 16.4. The second kappa shape index (κ2) is 8.05. The van der Waals surface area contributed by atoms with Gasteiger partial charge in [0.2, 0.25) is 0 Å². The summed E-state index contributed by atoms with van der Waals surface area (Å²) in [6.07, 6.45) is 0. The van der Waals surface area contributed by atoms with Gasteiger partial charge in [0, 0.05) is 11.3 Å². The maximum atomic E-state index is 12.7. The molecule has 5 rings (SSSR count). The molecule has 1 heterocycles. The van der Waals surface area contributed by atoms with E-state index in [1.165, 1.54) is 11.3 Å². The molecule has 0 spiro atoms. The number of amides is 1. The molecule has 5 aromatic rings. The number of nitrogens with zero attached hydrogens (tertiary/aromatic N) is 1. The number of hydrogen-bond donors (Lipinski definition) is 2. The molecule has 0 saturated heterocycles. The van der Waals surface area contributed by atoms with Gasteiger partial charge in [-0.1, -0.05) is 54.6 Å². The number of carbonyl (C=O) groups is 1. The Kier molecular flexibility index (Phi) is 4.94. The number of aromatic hydroxyl groups is 1. The van der Waals surface area contributed by atoms with Crippen LogP contribution in [-0.2, 0) is 0 Å². The molecule has 5 heteroatoms. The summed E-state index contributed by atoms with van der Waals surface area (Å²) in [5, 5.41) is 14.0. The first kappa shape index (κ1) is 19.0. The second-order valence-electron chi connectivity index (χ2n) is 7.12. The van der Waals surface area contributed by atoms with E-state index in [9.17, 15) is 9.90 Å². The van der Waals surface area contributed by atoms with Crippen LogP contribution >= 0.6 is 11.3 Å². The lowest BCUT2D eigenvalue weighted by Crippen LogP contribution is -2.11. The SMILES string of the molecule is O=C(Nc1ccc(O)c(-c2nc3ccccc3s2)c1)c1ccc(-c2ccccc2)cc1. The van der Waals surface area contributed by atoms with Crippen molar-refractivity contribution in [1.29, 1.82) is 0 Å². The van der Waals surface area contributed by atoms with Crippen molar-refractivity contribution in [2.45, 2.75) is 0 Å².